The lowest BCUT2D eigenvalue weighted by Gasteiger charge is -2.19. The summed E-state index contributed by atoms with van der Waals surface area (Å²) in [4.78, 5) is 14.2. The molecule has 1 atom stereocenters. The second kappa shape index (κ2) is 10.4. The van der Waals surface area contributed by atoms with Gasteiger partial charge in [0.1, 0.15) is 5.75 Å². The van der Waals surface area contributed by atoms with Crippen LogP contribution in [0.4, 0.5) is 5.69 Å². The fourth-order valence-electron chi connectivity index (χ4n) is 3.58. The largest absolute Gasteiger partial charge is 0.481 e. The second-order valence-corrected chi connectivity index (χ2v) is 8.81. The third kappa shape index (κ3) is 5.51. The van der Waals surface area contributed by atoms with Gasteiger partial charge in [0.25, 0.3) is 5.91 Å². The SMILES string of the molecule is CCC(Oc1ccc2ccccc2c1)C(=O)Nc1ccc(CSc2ccccc2)cc1C. The molecule has 0 bridgehead atoms. The van der Waals surface area contributed by atoms with Crippen LogP contribution in [0.3, 0.4) is 0 Å². The lowest BCUT2D eigenvalue weighted by atomic mass is 10.1. The van der Waals surface area contributed by atoms with Crippen molar-refractivity contribution in [2.24, 2.45) is 0 Å². The monoisotopic (exact) mass is 441 g/mol. The topological polar surface area (TPSA) is 38.3 Å². The summed E-state index contributed by atoms with van der Waals surface area (Å²) < 4.78 is 6.04. The van der Waals surface area contributed by atoms with Crippen LogP contribution < -0.4 is 10.1 Å². The van der Waals surface area contributed by atoms with Gasteiger partial charge in [-0.25, -0.2) is 0 Å². The Kier molecular flexibility index (Phi) is 7.13. The van der Waals surface area contributed by atoms with Crippen molar-refractivity contribution < 1.29 is 9.53 Å². The number of ether oxygens (including phenoxy) is 1. The number of amides is 1. The molecule has 0 saturated carbocycles. The summed E-state index contributed by atoms with van der Waals surface area (Å²) in [6.07, 6.45) is 0.0348. The van der Waals surface area contributed by atoms with Gasteiger partial charge in [0, 0.05) is 16.3 Å². The summed E-state index contributed by atoms with van der Waals surface area (Å²) in [6.45, 7) is 3.99. The molecule has 0 aromatic heterocycles. The highest BCUT2D eigenvalue weighted by Crippen LogP contribution is 2.26. The molecule has 0 saturated heterocycles. The van der Waals surface area contributed by atoms with Gasteiger partial charge in [0.15, 0.2) is 6.10 Å². The van der Waals surface area contributed by atoms with Gasteiger partial charge in [-0.15, -0.1) is 11.8 Å². The minimum atomic E-state index is -0.552. The van der Waals surface area contributed by atoms with Crippen LogP contribution in [0, 0.1) is 6.92 Å². The van der Waals surface area contributed by atoms with Crippen molar-refractivity contribution in [1.29, 1.82) is 0 Å². The maximum Gasteiger partial charge on any atom is 0.265 e. The van der Waals surface area contributed by atoms with Crippen molar-refractivity contribution in [3.8, 4) is 5.75 Å². The van der Waals surface area contributed by atoms with Crippen LogP contribution in [0.1, 0.15) is 24.5 Å². The number of rotatable bonds is 8. The quantitative estimate of drug-likeness (QED) is 0.293. The van der Waals surface area contributed by atoms with Crippen LogP contribution in [-0.2, 0) is 10.5 Å². The highest BCUT2D eigenvalue weighted by molar-refractivity contribution is 7.98. The van der Waals surface area contributed by atoms with Gasteiger partial charge in [0.05, 0.1) is 0 Å². The molecule has 1 amide bonds. The van der Waals surface area contributed by atoms with Crippen LogP contribution in [0.5, 0.6) is 5.75 Å². The molecule has 0 spiro atoms. The molecule has 32 heavy (non-hydrogen) atoms. The van der Waals surface area contributed by atoms with E-state index in [-0.39, 0.29) is 5.91 Å². The molecule has 0 aliphatic rings. The summed E-state index contributed by atoms with van der Waals surface area (Å²) >= 11 is 1.81. The van der Waals surface area contributed by atoms with Gasteiger partial charge in [-0.1, -0.05) is 67.6 Å². The van der Waals surface area contributed by atoms with Crippen LogP contribution in [0.2, 0.25) is 0 Å². The summed E-state index contributed by atoms with van der Waals surface area (Å²) in [7, 11) is 0. The van der Waals surface area contributed by atoms with E-state index in [1.807, 2.05) is 62.4 Å². The fourth-order valence-corrected chi connectivity index (χ4v) is 4.44. The molecule has 4 rings (SSSR count). The Bertz CT molecular complexity index is 1210. The van der Waals surface area contributed by atoms with Gasteiger partial charge in [-0.3, -0.25) is 4.79 Å². The molecule has 0 aliphatic heterocycles. The highest BCUT2D eigenvalue weighted by Gasteiger charge is 2.19. The number of carbonyl (C=O) groups is 1. The van der Waals surface area contributed by atoms with E-state index < -0.39 is 6.10 Å². The minimum absolute atomic E-state index is 0.129. The average Bonchev–Trinajstić information content (AvgIpc) is 2.83. The van der Waals surface area contributed by atoms with E-state index in [1.165, 1.54) is 10.5 Å². The Hall–Kier alpha value is -3.24. The van der Waals surface area contributed by atoms with Crippen LogP contribution in [0.15, 0.2) is 95.9 Å². The Balaban J connectivity index is 1.39. The molecule has 4 heteroatoms. The number of hydrogen-bond donors (Lipinski definition) is 1. The van der Waals surface area contributed by atoms with Crippen molar-refractivity contribution >= 4 is 34.1 Å². The lowest BCUT2D eigenvalue weighted by Crippen LogP contribution is -2.32. The highest BCUT2D eigenvalue weighted by atomic mass is 32.2. The van der Waals surface area contributed by atoms with E-state index in [2.05, 4.69) is 47.8 Å². The standard InChI is InChI=1S/C28H27NO2S/c1-3-27(31-24-15-14-22-9-7-8-10-23(22)18-24)28(30)29-26-16-13-21(17-20(26)2)19-32-25-11-5-4-6-12-25/h4-18,27H,3,19H2,1-2H3,(H,29,30). The van der Waals surface area contributed by atoms with Crippen molar-refractivity contribution in [1.82, 2.24) is 0 Å². The predicted octanol–water partition coefficient (Wildman–Crippen LogP) is 7.24. The van der Waals surface area contributed by atoms with Crippen molar-refractivity contribution in [3.05, 3.63) is 102 Å². The maximum absolute atomic E-state index is 12.9. The van der Waals surface area contributed by atoms with Gasteiger partial charge in [-0.2, -0.15) is 0 Å². The third-order valence-corrected chi connectivity index (χ3v) is 6.44. The number of hydrogen-bond acceptors (Lipinski definition) is 3. The molecule has 1 N–H and O–H groups in total. The van der Waals surface area contributed by atoms with Crippen molar-refractivity contribution in [2.45, 2.75) is 37.0 Å². The smallest absolute Gasteiger partial charge is 0.265 e. The number of aryl methyl sites for hydroxylation is 1. The van der Waals surface area contributed by atoms with Gasteiger partial charge < -0.3 is 10.1 Å². The van der Waals surface area contributed by atoms with Crippen molar-refractivity contribution in [2.75, 3.05) is 5.32 Å². The third-order valence-electron chi connectivity index (χ3n) is 5.36. The molecule has 0 aliphatic carbocycles. The maximum atomic E-state index is 12.9. The molecule has 162 valence electrons. The van der Waals surface area contributed by atoms with E-state index in [9.17, 15) is 4.79 Å². The Morgan fingerprint density at radius 3 is 2.41 bits per heavy atom. The zero-order valence-electron chi connectivity index (χ0n) is 18.4. The molecular formula is C28H27NO2S. The normalized spacial score (nSPS) is 11.8. The average molecular weight is 442 g/mol. The summed E-state index contributed by atoms with van der Waals surface area (Å²) in [6, 6.07) is 30.6. The summed E-state index contributed by atoms with van der Waals surface area (Å²) in [5.74, 6) is 1.47. The number of carbonyl (C=O) groups excluding carboxylic acids is 1. The van der Waals surface area contributed by atoms with Gasteiger partial charge in [0.2, 0.25) is 0 Å². The first kappa shape index (κ1) is 22.0. The van der Waals surface area contributed by atoms with E-state index in [4.69, 9.17) is 4.74 Å². The number of benzene rings is 4. The Labute approximate surface area is 193 Å². The van der Waals surface area contributed by atoms with Gasteiger partial charge in [-0.05, 0) is 65.6 Å². The zero-order valence-corrected chi connectivity index (χ0v) is 19.2. The van der Waals surface area contributed by atoms with Gasteiger partial charge >= 0.3 is 0 Å². The molecular weight excluding hydrogens is 414 g/mol. The number of nitrogens with one attached hydrogen (secondary N) is 1. The molecule has 0 heterocycles. The second-order valence-electron chi connectivity index (χ2n) is 7.76. The molecule has 1 unspecified atom stereocenters. The zero-order chi connectivity index (χ0) is 22.3. The molecule has 0 fully saturated rings. The number of thioether (sulfide) groups is 1. The minimum Gasteiger partial charge on any atom is -0.481 e. The van der Waals surface area contributed by atoms with Crippen LogP contribution in [-0.4, -0.2) is 12.0 Å². The number of anilines is 1. The first-order chi connectivity index (χ1) is 15.6. The Morgan fingerprint density at radius 1 is 0.906 bits per heavy atom. The van der Waals surface area contributed by atoms with E-state index >= 15 is 0 Å². The first-order valence-electron chi connectivity index (χ1n) is 10.9. The summed E-state index contributed by atoms with van der Waals surface area (Å²) in [5, 5.41) is 5.30. The Morgan fingerprint density at radius 2 is 1.66 bits per heavy atom. The fraction of sp³-hybridized carbons (Fsp3) is 0.179. The van der Waals surface area contributed by atoms with E-state index in [1.54, 1.807) is 11.8 Å². The lowest BCUT2D eigenvalue weighted by molar-refractivity contribution is -0.122. The molecule has 4 aromatic rings. The molecule has 3 nitrogen and oxygen atoms in total. The summed E-state index contributed by atoms with van der Waals surface area (Å²) in [5.41, 5.74) is 3.10. The van der Waals surface area contributed by atoms with E-state index in [0.29, 0.717) is 12.2 Å². The molecule has 4 aromatic carbocycles. The van der Waals surface area contributed by atoms with E-state index in [0.717, 1.165) is 27.8 Å². The van der Waals surface area contributed by atoms with Crippen LogP contribution >= 0.6 is 11.8 Å². The predicted molar refractivity (Wildman–Crippen MR) is 134 cm³/mol. The van der Waals surface area contributed by atoms with Crippen LogP contribution in [0.25, 0.3) is 10.8 Å². The van der Waals surface area contributed by atoms with Crippen molar-refractivity contribution in [3.63, 3.8) is 0 Å². The first-order valence-corrected chi connectivity index (χ1v) is 11.8. The number of fused-ring (bicyclic) bond motifs is 1. The molecule has 0 radical (unpaired) electrons.